The molecular weight excluding hydrogens is 404 g/mol. The van der Waals surface area contributed by atoms with Crippen molar-refractivity contribution in [2.24, 2.45) is 0 Å². The number of methoxy groups -OCH3 is 1. The number of benzene rings is 1. The second-order valence-electron chi connectivity index (χ2n) is 6.31. The van der Waals surface area contributed by atoms with Gasteiger partial charge in [0.2, 0.25) is 0 Å². The predicted octanol–water partition coefficient (Wildman–Crippen LogP) is 4.18. The van der Waals surface area contributed by atoms with Gasteiger partial charge >= 0.3 is 5.97 Å². The summed E-state index contributed by atoms with van der Waals surface area (Å²) in [4.78, 5) is 28.4. The van der Waals surface area contributed by atoms with E-state index in [4.69, 9.17) is 16.3 Å². The lowest BCUT2D eigenvalue weighted by Crippen LogP contribution is -2.37. The first-order chi connectivity index (χ1) is 13.0. The van der Waals surface area contributed by atoms with Crippen LogP contribution in [-0.4, -0.2) is 35.8 Å². The van der Waals surface area contributed by atoms with Gasteiger partial charge in [-0.25, -0.2) is 0 Å². The van der Waals surface area contributed by atoms with Crippen LogP contribution >= 0.6 is 34.7 Å². The number of carbonyl (C=O) groups excluding carboxylic acids is 2. The van der Waals surface area contributed by atoms with Crippen LogP contribution in [0.1, 0.15) is 26.9 Å². The van der Waals surface area contributed by atoms with Gasteiger partial charge in [-0.3, -0.25) is 9.59 Å². The molecule has 0 aliphatic heterocycles. The zero-order chi connectivity index (χ0) is 19.0. The van der Waals surface area contributed by atoms with E-state index < -0.39 is 0 Å². The average molecular weight is 421 g/mol. The lowest BCUT2D eigenvalue weighted by Gasteiger charge is -2.21. The van der Waals surface area contributed by atoms with Crippen LogP contribution in [-0.2, 0) is 16.0 Å². The fourth-order valence-electron chi connectivity index (χ4n) is 3.37. The number of halogens is 1. The number of ether oxygens (including phenoxy) is 1. The molecule has 2 aromatic heterocycles. The predicted molar refractivity (Wildman–Crippen MR) is 110 cm³/mol. The molecule has 3 aromatic rings. The third-order valence-corrected chi connectivity index (χ3v) is 7.15. The van der Waals surface area contributed by atoms with Crippen molar-refractivity contribution in [3.8, 4) is 0 Å². The summed E-state index contributed by atoms with van der Waals surface area (Å²) in [6, 6.07) is 11.7. The maximum absolute atomic E-state index is 12.8. The number of nitrogens with one attached hydrogen (secondary N) is 2. The highest BCUT2D eigenvalue weighted by molar-refractivity contribution is 8.00. The lowest BCUT2D eigenvalue weighted by atomic mass is 10.1. The largest absolute Gasteiger partial charge is 0.468 e. The van der Waals surface area contributed by atoms with Crippen molar-refractivity contribution >= 4 is 56.8 Å². The highest BCUT2D eigenvalue weighted by Gasteiger charge is 2.34. The molecule has 0 saturated heterocycles. The van der Waals surface area contributed by atoms with Gasteiger partial charge in [-0.05, 0) is 29.7 Å². The van der Waals surface area contributed by atoms with E-state index >= 15 is 0 Å². The molecule has 140 valence electrons. The van der Waals surface area contributed by atoms with Gasteiger partial charge in [0, 0.05) is 11.4 Å². The van der Waals surface area contributed by atoms with Crippen LogP contribution in [0.5, 0.6) is 0 Å². The fourth-order valence-corrected chi connectivity index (χ4v) is 5.73. The Labute approximate surface area is 169 Å². The first kappa shape index (κ1) is 18.4. The van der Waals surface area contributed by atoms with Crippen LogP contribution in [0, 0.1) is 0 Å². The van der Waals surface area contributed by atoms with E-state index in [2.05, 4.69) is 22.4 Å². The molecule has 4 rings (SSSR count). The molecule has 1 aromatic carbocycles. The van der Waals surface area contributed by atoms with Crippen molar-refractivity contribution in [1.29, 1.82) is 0 Å². The lowest BCUT2D eigenvalue weighted by molar-refractivity contribution is -0.137. The molecule has 27 heavy (non-hydrogen) atoms. The van der Waals surface area contributed by atoms with Crippen molar-refractivity contribution in [2.45, 2.75) is 17.7 Å². The topological polar surface area (TPSA) is 71.2 Å². The minimum Gasteiger partial charge on any atom is -0.468 e. The molecule has 8 heteroatoms. The molecule has 1 unspecified atom stereocenters. The summed E-state index contributed by atoms with van der Waals surface area (Å²) < 4.78 is 5.44. The number of aromatic amines is 1. The quantitative estimate of drug-likeness (QED) is 0.607. The van der Waals surface area contributed by atoms with E-state index in [0.717, 1.165) is 22.2 Å². The number of hydrogen-bond donors (Lipinski definition) is 2. The molecule has 0 radical (unpaired) electrons. The Hall–Kier alpha value is -1.96. The molecule has 2 atom stereocenters. The van der Waals surface area contributed by atoms with Gasteiger partial charge in [0.1, 0.15) is 10.5 Å². The second-order valence-corrected chi connectivity index (χ2v) is 9.12. The Kier molecular flexibility index (Phi) is 5.16. The number of hydrogen-bond acceptors (Lipinski definition) is 5. The van der Waals surface area contributed by atoms with E-state index in [1.807, 2.05) is 24.3 Å². The summed E-state index contributed by atoms with van der Waals surface area (Å²) in [6.07, 6.45) is 0.738. The first-order valence-corrected chi connectivity index (χ1v) is 10.6. The van der Waals surface area contributed by atoms with Gasteiger partial charge in [0.05, 0.1) is 22.4 Å². The van der Waals surface area contributed by atoms with E-state index in [1.165, 1.54) is 35.8 Å². The van der Waals surface area contributed by atoms with Gasteiger partial charge in [0.25, 0.3) is 5.91 Å². The third kappa shape index (κ3) is 3.72. The highest BCUT2D eigenvalue weighted by atomic mass is 35.5. The Bertz CT molecular complexity index is 982. The average Bonchev–Trinajstić information content (AvgIpc) is 3.30. The van der Waals surface area contributed by atoms with Crippen LogP contribution in [0.4, 0.5) is 0 Å². The number of esters is 1. The maximum Gasteiger partial charge on any atom is 0.315 e. The molecule has 0 spiro atoms. The Balaban J connectivity index is 1.52. The number of rotatable bonds is 5. The van der Waals surface area contributed by atoms with Crippen molar-refractivity contribution in [3.05, 3.63) is 57.6 Å². The molecule has 0 fully saturated rings. The number of H-pyrrole nitrogens is 1. The van der Waals surface area contributed by atoms with Crippen LogP contribution in [0.15, 0.2) is 36.4 Å². The molecule has 2 N–H and O–H groups in total. The summed E-state index contributed by atoms with van der Waals surface area (Å²) in [6.45, 7) is 0. The number of aromatic nitrogens is 1. The molecule has 5 nitrogen and oxygen atoms in total. The minimum absolute atomic E-state index is 0.00905. The molecule has 0 saturated carbocycles. The fraction of sp³-hybridized carbons (Fsp3) is 0.263. The van der Waals surface area contributed by atoms with E-state index in [-0.39, 0.29) is 28.9 Å². The van der Waals surface area contributed by atoms with Crippen molar-refractivity contribution < 1.29 is 14.3 Å². The van der Waals surface area contributed by atoms with E-state index in [0.29, 0.717) is 10.0 Å². The Morgan fingerprint density at radius 3 is 2.96 bits per heavy atom. The smallest absolute Gasteiger partial charge is 0.315 e. The van der Waals surface area contributed by atoms with Gasteiger partial charge in [-0.15, -0.1) is 23.1 Å². The van der Waals surface area contributed by atoms with Crippen LogP contribution in [0.25, 0.3) is 10.2 Å². The Morgan fingerprint density at radius 1 is 1.37 bits per heavy atom. The number of thiophene rings is 1. The third-order valence-electron chi connectivity index (χ3n) is 4.62. The van der Waals surface area contributed by atoms with Crippen molar-refractivity contribution in [3.63, 3.8) is 0 Å². The molecule has 1 aliphatic rings. The van der Waals surface area contributed by atoms with E-state index in [9.17, 15) is 9.59 Å². The summed E-state index contributed by atoms with van der Waals surface area (Å²) in [5.74, 6) is -0.176. The molecule has 1 amide bonds. The van der Waals surface area contributed by atoms with E-state index in [1.54, 1.807) is 0 Å². The molecular formula is C19H17ClN2O3S2. The molecule has 1 aliphatic carbocycles. The normalized spacial score (nSPS) is 18.4. The van der Waals surface area contributed by atoms with Gasteiger partial charge in [0.15, 0.2) is 0 Å². The monoisotopic (exact) mass is 420 g/mol. The van der Waals surface area contributed by atoms with Gasteiger partial charge in [-0.1, -0.05) is 35.9 Å². The molecule has 0 bridgehead atoms. The standard InChI is InChI=1S/C19H17ClN2O3S2/c1-25-16(23)9-26-17-12-5-3-2-4-10(12)6-13(17)21-18(24)14-7-11-8-15(20)27-19(11)22-14/h2-5,7-8,13,17,22H,6,9H2,1H3,(H,21,24)/t13?,17-/m1/s1. The van der Waals surface area contributed by atoms with Gasteiger partial charge in [-0.2, -0.15) is 0 Å². The minimum atomic E-state index is -0.268. The molecule has 2 heterocycles. The summed E-state index contributed by atoms with van der Waals surface area (Å²) in [7, 11) is 1.38. The van der Waals surface area contributed by atoms with Crippen LogP contribution in [0.2, 0.25) is 4.34 Å². The van der Waals surface area contributed by atoms with Crippen molar-refractivity contribution in [2.75, 3.05) is 12.9 Å². The van der Waals surface area contributed by atoms with Crippen LogP contribution < -0.4 is 5.32 Å². The zero-order valence-electron chi connectivity index (χ0n) is 14.5. The highest BCUT2D eigenvalue weighted by Crippen LogP contribution is 2.41. The number of amides is 1. The second kappa shape index (κ2) is 7.58. The Morgan fingerprint density at radius 2 is 2.19 bits per heavy atom. The zero-order valence-corrected chi connectivity index (χ0v) is 16.8. The first-order valence-electron chi connectivity index (χ1n) is 8.40. The maximum atomic E-state index is 12.8. The van der Waals surface area contributed by atoms with Gasteiger partial charge < -0.3 is 15.0 Å². The van der Waals surface area contributed by atoms with Crippen molar-refractivity contribution in [1.82, 2.24) is 10.3 Å². The summed E-state index contributed by atoms with van der Waals surface area (Å²) in [5.41, 5.74) is 2.88. The van der Waals surface area contributed by atoms with Crippen LogP contribution in [0.3, 0.4) is 0 Å². The SMILES string of the molecule is COC(=O)CS[C@@H]1c2ccccc2CC1NC(=O)c1cc2cc(Cl)sc2[nH]1. The summed E-state index contributed by atoms with van der Waals surface area (Å²) in [5, 5.41) is 4.07. The summed E-state index contributed by atoms with van der Waals surface area (Å²) >= 11 is 8.90. The number of carbonyl (C=O) groups is 2. The number of fused-ring (bicyclic) bond motifs is 2. The number of thioether (sulfide) groups is 1.